The second-order valence-corrected chi connectivity index (χ2v) is 3.79. The van der Waals surface area contributed by atoms with Crippen molar-refractivity contribution >= 4 is 11.9 Å². The van der Waals surface area contributed by atoms with Crippen molar-refractivity contribution in [3.63, 3.8) is 0 Å². The summed E-state index contributed by atoms with van der Waals surface area (Å²) in [4.78, 5) is 21.1. The number of hydrogen-bond acceptors (Lipinski definition) is 8. The van der Waals surface area contributed by atoms with Crippen molar-refractivity contribution in [2.24, 2.45) is 0 Å². The Morgan fingerprint density at radius 1 is 1.06 bits per heavy atom. The van der Waals surface area contributed by atoms with Crippen molar-refractivity contribution < 1.29 is 44.6 Å². The molecule has 5 atom stereocenters. The van der Waals surface area contributed by atoms with Crippen LogP contribution in [0.1, 0.15) is 6.42 Å². The first-order chi connectivity index (χ1) is 8.32. The molecular formula is C9H14O9. The molecule has 0 aromatic heterocycles. The normalized spacial score (nSPS) is 36.1. The van der Waals surface area contributed by atoms with E-state index in [0.717, 1.165) is 0 Å². The maximum atomic E-state index is 10.9. The van der Waals surface area contributed by atoms with Crippen LogP contribution < -0.4 is 0 Å². The maximum Gasteiger partial charge on any atom is 0.317 e. The lowest BCUT2D eigenvalue weighted by Crippen LogP contribution is -2.58. The van der Waals surface area contributed by atoms with Gasteiger partial charge in [-0.25, -0.2) is 0 Å². The summed E-state index contributed by atoms with van der Waals surface area (Å²) in [6, 6.07) is 0. The van der Waals surface area contributed by atoms with Gasteiger partial charge < -0.3 is 35.0 Å². The van der Waals surface area contributed by atoms with Gasteiger partial charge in [0.15, 0.2) is 6.29 Å². The van der Waals surface area contributed by atoms with E-state index in [1.165, 1.54) is 0 Å². The Labute approximate surface area is 101 Å². The molecule has 5 N–H and O–H groups in total. The van der Waals surface area contributed by atoms with E-state index in [1.807, 2.05) is 0 Å². The van der Waals surface area contributed by atoms with Crippen LogP contribution in [0.5, 0.6) is 0 Å². The number of aliphatic hydroxyl groups is 4. The molecule has 0 amide bonds. The van der Waals surface area contributed by atoms with Crippen LogP contribution in [0, 0.1) is 0 Å². The van der Waals surface area contributed by atoms with Crippen molar-refractivity contribution in [1.29, 1.82) is 0 Å². The van der Waals surface area contributed by atoms with Crippen molar-refractivity contribution in [3.8, 4) is 0 Å². The summed E-state index contributed by atoms with van der Waals surface area (Å²) in [6.45, 7) is -0.547. The van der Waals surface area contributed by atoms with Crippen LogP contribution in [0.3, 0.4) is 0 Å². The molecule has 0 aromatic carbocycles. The third-order valence-corrected chi connectivity index (χ3v) is 2.39. The number of aliphatic carboxylic acids is 1. The predicted molar refractivity (Wildman–Crippen MR) is 52.1 cm³/mol. The Morgan fingerprint density at radius 2 is 1.67 bits per heavy atom. The van der Waals surface area contributed by atoms with Crippen LogP contribution in [-0.4, -0.2) is 74.8 Å². The van der Waals surface area contributed by atoms with Crippen LogP contribution in [-0.2, 0) is 19.1 Å². The maximum absolute atomic E-state index is 10.9. The van der Waals surface area contributed by atoms with Gasteiger partial charge in [-0.3, -0.25) is 9.59 Å². The van der Waals surface area contributed by atoms with Gasteiger partial charge in [0.25, 0.3) is 0 Å². The quantitative estimate of drug-likeness (QED) is 0.261. The average molecular weight is 266 g/mol. The molecule has 0 aromatic rings. The molecule has 9 heteroatoms. The molecule has 0 bridgehead atoms. The van der Waals surface area contributed by atoms with Crippen LogP contribution in [0.4, 0.5) is 0 Å². The number of carboxylic acid groups (broad SMARTS) is 1. The molecule has 1 saturated heterocycles. The van der Waals surface area contributed by atoms with E-state index < -0.39 is 55.7 Å². The van der Waals surface area contributed by atoms with E-state index in [1.54, 1.807) is 0 Å². The van der Waals surface area contributed by atoms with Gasteiger partial charge in [0.1, 0.15) is 37.4 Å². The summed E-state index contributed by atoms with van der Waals surface area (Å²) in [7, 11) is 0. The molecule has 0 spiro atoms. The standard InChI is InChI=1S/C9H14O9/c10-4(11)1-5(12)17-2-3-6(13)7(14)8(15)9(16)18-3/h3,6-9,13-16H,1-2H2,(H,10,11). The first kappa shape index (κ1) is 14.8. The molecule has 1 aliphatic rings. The summed E-state index contributed by atoms with van der Waals surface area (Å²) in [5.74, 6) is -2.42. The summed E-state index contributed by atoms with van der Waals surface area (Å²) < 4.78 is 9.19. The Balaban J connectivity index is 2.47. The summed E-state index contributed by atoms with van der Waals surface area (Å²) in [5.41, 5.74) is 0. The summed E-state index contributed by atoms with van der Waals surface area (Å²) in [5, 5.41) is 45.4. The van der Waals surface area contributed by atoms with Gasteiger partial charge in [-0.2, -0.15) is 0 Å². The number of hydrogen-bond donors (Lipinski definition) is 5. The van der Waals surface area contributed by atoms with Gasteiger partial charge in [0.2, 0.25) is 0 Å². The van der Waals surface area contributed by atoms with Crippen LogP contribution in [0.25, 0.3) is 0 Å². The van der Waals surface area contributed by atoms with Crippen molar-refractivity contribution in [2.75, 3.05) is 6.61 Å². The highest BCUT2D eigenvalue weighted by atomic mass is 16.6. The first-order valence-corrected chi connectivity index (χ1v) is 5.08. The number of carbonyl (C=O) groups excluding carboxylic acids is 1. The zero-order chi connectivity index (χ0) is 13.9. The van der Waals surface area contributed by atoms with Gasteiger partial charge in [-0.15, -0.1) is 0 Å². The van der Waals surface area contributed by atoms with E-state index >= 15 is 0 Å². The number of carboxylic acids is 1. The number of aliphatic hydroxyl groups excluding tert-OH is 4. The van der Waals surface area contributed by atoms with E-state index in [4.69, 9.17) is 20.1 Å². The molecule has 9 nitrogen and oxygen atoms in total. The molecule has 104 valence electrons. The lowest BCUT2D eigenvalue weighted by atomic mass is 9.99. The second-order valence-electron chi connectivity index (χ2n) is 3.79. The topological polar surface area (TPSA) is 154 Å². The lowest BCUT2D eigenvalue weighted by molar-refractivity contribution is -0.287. The van der Waals surface area contributed by atoms with Crippen LogP contribution in [0.15, 0.2) is 0 Å². The minimum Gasteiger partial charge on any atom is -0.481 e. The van der Waals surface area contributed by atoms with E-state index in [-0.39, 0.29) is 0 Å². The molecule has 0 saturated carbocycles. The third kappa shape index (κ3) is 3.62. The highest BCUT2D eigenvalue weighted by Gasteiger charge is 2.43. The molecule has 0 aliphatic carbocycles. The fourth-order valence-corrected chi connectivity index (χ4v) is 1.42. The van der Waals surface area contributed by atoms with Crippen molar-refractivity contribution in [2.45, 2.75) is 37.1 Å². The summed E-state index contributed by atoms with van der Waals surface area (Å²) >= 11 is 0. The number of carbonyl (C=O) groups is 2. The number of esters is 1. The summed E-state index contributed by atoms with van der Waals surface area (Å²) in [6.07, 6.45) is -8.73. The minimum absolute atomic E-state index is 0.547. The molecule has 18 heavy (non-hydrogen) atoms. The molecule has 5 unspecified atom stereocenters. The first-order valence-electron chi connectivity index (χ1n) is 5.08. The van der Waals surface area contributed by atoms with E-state index in [2.05, 4.69) is 4.74 Å². The molecule has 1 heterocycles. The lowest BCUT2D eigenvalue weighted by Gasteiger charge is -2.37. The monoisotopic (exact) mass is 266 g/mol. The molecule has 0 radical (unpaired) electrons. The Hall–Kier alpha value is -1.26. The Bertz CT molecular complexity index is 317. The predicted octanol–water partition coefficient (Wildman–Crippen LogP) is -3.20. The number of ether oxygens (including phenoxy) is 2. The van der Waals surface area contributed by atoms with Gasteiger partial charge in [-0.05, 0) is 0 Å². The van der Waals surface area contributed by atoms with Gasteiger partial charge in [0.05, 0.1) is 0 Å². The molecular weight excluding hydrogens is 252 g/mol. The molecule has 1 aliphatic heterocycles. The van der Waals surface area contributed by atoms with Crippen molar-refractivity contribution in [1.82, 2.24) is 0 Å². The number of rotatable bonds is 4. The highest BCUT2D eigenvalue weighted by Crippen LogP contribution is 2.20. The minimum atomic E-state index is -1.73. The van der Waals surface area contributed by atoms with E-state index in [9.17, 15) is 19.8 Å². The Morgan fingerprint density at radius 3 is 2.22 bits per heavy atom. The van der Waals surface area contributed by atoms with Gasteiger partial charge in [0, 0.05) is 0 Å². The van der Waals surface area contributed by atoms with Gasteiger partial charge >= 0.3 is 11.9 Å². The van der Waals surface area contributed by atoms with E-state index in [0.29, 0.717) is 0 Å². The van der Waals surface area contributed by atoms with Gasteiger partial charge in [-0.1, -0.05) is 0 Å². The fourth-order valence-electron chi connectivity index (χ4n) is 1.42. The second kappa shape index (κ2) is 6.07. The van der Waals surface area contributed by atoms with Crippen LogP contribution >= 0.6 is 0 Å². The molecule has 1 fully saturated rings. The zero-order valence-corrected chi connectivity index (χ0v) is 9.17. The van der Waals surface area contributed by atoms with Crippen LogP contribution in [0.2, 0.25) is 0 Å². The third-order valence-electron chi connectivity index (χ3n) is 2.39. The van der Waals surface area contributed by atoms with Crippen molar-refractivity contribution in [3.05, 3.63) is 0 Å². The zero-order valence-electron chi connectivity index (χ0n) is 9.17. The SMILES string of the molecule is O=C(O)CC(=O)OCC1OC(O)C(O)C(O)C1O. The highest BCUT2D eigenvalue weighted by molar-refractivity contribution is 5.90. The molecule has 1 rings (SSSR count). The average Bonchev–Trinajstić information content (AvgIpc) is 2.28. The Kier molecular flexibility index (Phi) is 4.99. The smallest absolute Gasteiger partial charge is 0.317 e. The largest absolute Gasteiger partial charge is 0.481 e. The fraction of sp³-hybridized carbons (Fsp3) is 0.778.